The normalized spacial score (nSPS) is 17.6. The topological polar surface area (TPSA) is 0 Å². The van der Waals surface area contributed by atoms with Crippen LogP contribution in [0.1, 0.15) is 71.4 Å². The van der Waals surface area contributed by atoms with Crippen LogP contribution in [0.5, 0.6) is 0 Å². The molecule has 1 saturated carbocycles. The Labute approximate surface area is 224 Å². The molecule has 0 bridgehead atoms. The standard InChI is InChI=1S/C33H32.2C2H6/c1-22-18-24(20-26-17-16-23(26)2)21-27(19-22)33-30-14-8-6-12-28(30)32(25-10-4-3-5-11-25)29-13-7-9-15-31(29)33;2*1-2/h3-6,8,10-15,18-19,21,23,26H,7,9,16-17,20H2,1-2H3;2*1-2H3. The minimum atomic E-state index is 0.852. The van der Waals surface area contributed by atoms with Crippen LogP contribution < -0.4 is 10.4 Å². The zero-order chi connectivity index (χ0) is 26.4. The fourth-order valence-corrected chi connectivity index (χ4v) is 6.05. The van der Waals surface area contributed by atoms with Crippen molar-refractivity contribution in [3.63, 3.8) is 0 Å². The Kier molecular flexibility index (Phi) is 9.04. The number of aryl methyl sites for hydroxylation is 1. The Morgan fingerprint density at radius 3 is 1.76 bits per heavy atom. The lowest BCUT2D eigenvalue weighted by Crippen LogP contribution is -2.31. The molecule has 0 heterocycles. The predicted octanol–water partition coefficient (Wildman–Crippen LogP) is 9.48. The first-order chi connectivity index (χ1) is 18.2. The summed E-state index contributed by atoms with van der Waals surface area (Å²) in [5.74, 6) is 1.72. The van der Waals surface area contributed by atoms with E-state index in [1.807, 2.05) is 27.7 Å². The summed E-state index contributed by atoms with van der Waals surface area (Å²) in [6.07, 6.45) is 11.2. The summed E-state index contributed by atoms with van der Waals surface area (Å²) in [4.78, 5) is 0. The van der Waals surface area contributed by atoms with Gasteiger partial charge in [0.15, 0.2) is 0 Å². The molecule has 0 nitrogen and oxygen atoms in total. The van der Waals surface area contributed by atoms with Gasteiger partial charge in [-0.3, -0.25) is 0 Å². The number of benzene rings is 4. The predicted molar refractivity (Wildman–Crippen MR) is 165 cm³/mol. The maximum atomic E-state index is 2.49. The summed E-state index contributed by atoms with van der Waals surface area (Å²) >= 11 is 0. The molecule has 0 aromatic heterocycles. The van der Waals surface area contributed by atoms with Gasteiger partial charge >= 0.3 is 0 Å². The van der Waals surface area contributed by atoms with Crippen LogP contribution in [0.15, 0.2) is 72.8 Å². The Morgan fingerprint density at radius 1 is 0.649 bits per heavy atom. The van der Waals surface area contributed by atoms with E-state index in [4.69, 9.17) is 0 Å². The van der Waals surface area contributed by atoms with Gasteiger partial charge in [0.1, 0.15) is 0 Å². The van der Waals surface area contributed by atoms with E-state index in [0.717, 1.165) is 24.7 Å². The first-order valence-electron chi connectivity index (χ1n) is 14.6. The summed E-state index contributed by atoms with van der Waals surface area (Å²) < 4.78 is 0. The summed E-state index contributed by atoms with van der Waals surface area (Å²) in [7, 11) is 0. The van der Waals surface area contributed by atoms with Crippen LogP contribution in [-0.2, 0) is 6.42 Å². The van der Waals surface area contributed by atoms with E-state index in [1.54, 1.807) is 0 Å². The quantitative estimate of drug-likeness (QED) is 0.268. The molecule has 192 valence electrons. The molecular formula is C37H44. The molecule has 0 N–H and O–H groups in total. The molecule has 2 aliphatic carbocycles. The van der Waals surface area contributed by atoms with Gasteiger partial charge in [0.2, 0.25) is 0 Å². The van der Waals surface area contributed by atoms with Gasteiger partial charge in [0, 0.05) is 0 Å². The summed E-state index contributed by atoms with van der Waals surface area (Å²) in [6.45, 7) is 12.7. The second-order valence-corrected chi connectivity index (χ2v) is 10.2. The molecule has 1 fully saturated rings. The van der Waals surface area contributed by atoms with Gasteiger partial charge in [-0.25, -0.2) is 0 Å². The van der Waals surface area contributed by atoms with Gasteiger partial charge in [-0.05, 0) is 93.5 Å². The lowest BCUT2D eigenvalue weighted by Gasteiger charge is -2.34. The Hall–Kier alpha value is -3.12. The molecule has 0 spiro atoms. The number of hydrogen-bond donors (Lipinski definition) is 0. The van der Waals surface area contributed by atoms with Crippen molar-refractivity contribution in [3.05, 3.63) is 94.4 Å². The van der Waals surface area contributed by atoms with E-state index in [0.29, 0.717) is 0 Å². The van der Waals surface area contributed by atoms with Crippen molar-refractivity contribution in [2.75, 3.05) is 0 Å². The average Bonchev–Trinajstić information content (AvgIpc) is 2.96. The van der Waals surface area contributed by atoms with E-state index in [2.05, 4.69) is 98.8 Å². The maximum absolute atomic E-state index is 2.49. The fraction of sp³-hybridized carbons (Fsp3) is 0.351. The van der Waals surface area contributed by atoms with E-state index in [1.165, 1.54) is 73.9 Å². The lowest BCUT2D eigenvalue weighted by atomic mass is 9.71. The Bertz CT molecular complexity index is 1460. The molecule has 2 unspecified atom stereocenters. The molecule has 4 aromatic carbocycles. The molecule has 0 saturated heterocycles. The third-order valence-electron chi connectivity index (χ3n) is 7.94. The van der Waals surface area contributed by atoms with Crippen molar-refractivity contribution in [2.24, 2.45) is 11.8 Å². The second-order valence-electron chi connectivity index (χ2n) is 10.2. The molecule has 0 radical (unpaired) electrons. The fourth-order valence-electron chi connectivity index (χ4n) is 6.05. The van der Waals surface area contributed by atoms with Crippen molar-refractivity contribution >= 4 is 22.9 Å². The summed E-state index contributed by atoms with van der Waals surface area (Å²) in [6, 6.07) is 27.3. The first kappa shape index (κ1) is 26.9. The van der Waals surface area contributed by atoms with Gasteiger partial charge in [-0.1, -0.05) is 132 Å². The molecule has 37 heavy (non-hydrogen) atoms. The van der Waals surface area contributed by atoms with Crippen LogP contribution in [0.2, 0.25) is 0 Å². The van der Waals surface area contributed by atoms with Gasteiger partial charge in [0.25, 0.3) is 0 Å². The second kappa shape index (κ2) is 12.4. The monoisotopic (exact) mass is 488 g/mol. The van der Waals surface area contributed by atoms with E-state index in [9.17, 15) is 0 Å². The highest BCUT2D eigenvalue weighted by Crippen LogP contribution is 2.38. The zero-order valence-corrected chi connectivity index (χ0v) is 23.8. The third-order valence-corrected chi connectivity index (χ3v) is 7.94. The van der Waals surface area contributed by atoms with Crippen LogP contribution in [0.3, 0.4) is 0 Å². The lowest BCUT2D eigenvalue weighted by molar-refractivity contribution is 0.196. The minimum Gasteiger partial charge on any atom is -0.0757 e. The minimum absolute atomic E-state index is 0.852. The van der Waals surface area contributed by atoms with Crippen LogP contribution in [0.4, 0.5) is 0 Å². The molecule has 2 atom stereocenters. The van der Waals surface area contributed by atoms with Crippen molar-refractivity contribution < 1.29 is 0 Å². The number of rotatable bonds is 4. The molecule has 6 rings (SSSR count). The Balaban J connectivity index is 0.000000765. The molecule has 0 amide bonds. The highest BCUT2D eigenvalue weighted by atomic mass is 14.3. The van der Waals surface area contributed by atoms with E-state index < -0.39 is 0 Å². The maximum Gasteiger partial charge on any atom is -0.00295 e. The highest BCUT2D eigenvalue weighted by Gasteiger charge is 2.27. The zero-order valence-electron chi connectivity index (χ0n) is 23.8. The SMILES string of the molecule is CC.CC.Cc1cc(CC2CCC2C)cc(-c2c3c(c(-c4ccccc4)c4ccccc24)=CCCC=3)c1. The molecule has 0 heteroatoms. The van der Waals surface area contributed by atoms with Gasteiger partial charge in [0.05, 0.1) is 0 Å². The van der Waals surface area contributed by atoms with Crippen molar-refractivity contribution in [1.29, 1.82) is 0 Å². The van der Waals surface area contributed by atoms with Gasteiger partial charge in [-0.2, -0.15) is 0 Å². The summed E-state index contributed by atoms with van der Waals surface area (Å²) in [5.41, 5.74) is 8.38. The highest BCUT2D eigenvalue weighted by molar-refractivity contribution is 6.05. The van der Waals surface area contributed by atoms with Crippen molar-refractivity contribution in [1.82, 2.24) is 0 Å². The van der Waals surface area contributed by atoms with Crippen LogP contribution >= 0.6 is 0 Å². The van der Waals surface area contributed by atoms with Crippen LogP contribution in [0.25, 0.3) is 45.2 Å². The third kappa shape index (κ3) is 5.45. The van der Waals surface area contributed by atoms with Gasteiger partial charge < -0.3 is 0 Å². The molecule has 4 aromatic rings. The van der Waals surface area contributed by atoms with Crippen molar-refractivity contribution in [3.8, 4) is 22.3 Å². The largest absolute Gasteiger partial charge is 0.0757 e. The summed E-state index contributed by atoms with van der Waals surface area (Å²) in [5, 5.41) is 5.57. The van der Waals surface area contributed by atoms with Crippen molar-refractivity contribution in [2.45, 2.75) is 73.6 Å². The molecular weight excluding hydrogens is 444 g/mol. The number of hydrogen-bond acceptors (Lipinski definition) is 0. The van der Waals surface area contributed by atoms with Crippen LogP contribution in [0, 0.1) is 18.8 Å². The van der Waals surface area contributed by atoms with Crippen LogP contribution in [-0.4, -0.2) is 0 Å². The molecule has 2 aliphatic rings. The first-order valence-corrected chi connectivity index (χ1v) is 14.6. The number of fused-ring (bicyclic) bond motifs is 2. The Morgan fingerprint density at radius 2 is 1.22 bits per heavy atom. The van der Waals surface area contributed by atoms with Gasteiger partial charge in [-0.15, -0.1) is 0 Å². The van der Waals surface area contributed by atoms with E-state index in [-0.39, 0.29) is 0 Å². The smallest absolute Gasteiger partial charge is 0.00295 e. The molecule has 0 aliphatic heterocycles. The average molecular weight is 489 g/mol. The van der Waals surface area contributed by atoms with E-state index >= 15 is 0 Å².